The third-order valence-electron chi connectivity index (χ3n) is 2.76. The summed E-state index contributed by atoms with van der Waals surface area (Å²) in [6.07, 6.45) is 7.41. The van der Waals surface area contributed by atoms with Gasteiger partial charge in [0.05, 0.1) is 0 Å². The molecule has 0 saturated heterocycles. The van der Waals surface area contributed by atoms with Gasteiger partial charge in [0.2, 0.25) is 0 Å². The van der Waals surface area contributed by atoms with Crippen molar-refractivity contribution in [2.45, 2.75) is 25.7 Å². The van der Waals surface area contributed by atoms with Crippen molar-refractivity contribution in [3.05, 3.63) is 50.5 Å². The van der Waals surface area contributed by atoms with Crippen molar-refractivity contribution < 1.29 is 4.42 Å². The third kappa shape index (κ3) is 3.24. The van der Waals surface area contributed by atoms with Crippen molar-refractivity contribution in [3.8, 4) is 0 Å². The highest BCUT2D eigenvalue weighted by Crippen LogP contribution is 2.29. The quantitative estimate of drug-likeness (QED) is 0.721. The molecule has 17 heavy (non-hydrogen) atoms. The molecule has 2 rings (SSSR count). The number of hydrogen-bond donors (Lipinski definition) is 0. The SMILES string of the molecule is O=c1ccc2c(o1)/C(=C/C=C(Cl)Cl)CCCC2. The zero-order valence-corrected chi connectivity index (χ0v) is 10.7. The van der Waals surface area contributed by atoms with Crippen LogP contribution in [0.25, 0.3) is 5.57 Å². The third-order valence-corrected chi connectivity index (χ3v) is 3.01. The molecule has 0 radical (unpaired) electrons. The number of allylic oxidation sites excluding steroid dienone is 3. The average molecular weight is 271 g/mol. The molecule has 1 heterocycles. The number of fused-ring (bicyclic) bond motifs is 1. The molecule has 0 unspecified atom stereocenters. The summed E-state index contributed by atoms with van der Waals surface area (Å²) in [6.45, 7) is 0. The van der Waals surface area contributed by atoms with Crippen LogP contribution in [0, 0.1) is 0 Å². The summed E-state index contributed by atoms with van der Waals surface area (Å²) < 4.78 is 5.48. The molecule has 0 N–H and O–H groups in total. The Balaban J connectivity index is 2.49. The molecule has 0 aromatic carbocycles. The van der Waals surface area contributed by atoms with Gasteiger partial charge in [0.15, 0.2) is 0 Å². The van der Waals surface area contributed by atoms with E-state index in [0.29, 0.717) is 5.76 Å². The number of hydrogen-bond acceptors (Lipinski definition) is 2. The van der Waals surface area contributed by atoms with Gasteiger partial charge >= 0.3 is 5.63 Å². The maximum Gasteiger partial charge on any atom is 0.336 e. The smallest absolute Gasteiger partial charge is 0.336 e. The van der Waals surface area contributed by atoms with Crippen LogP contribution in [0.3, 0.4) is 0 Å². The van der Waals surface area contributed by atoms with E-state index in [1.807, 2.05) is 12.1 Å². The van der Waals surface area contributed by atoms with Crippen LogP contribution in [0.1, 0.15) is 30.6 Å². The second kappa shape index (κ2) is 5.56. The van der Waals surface area contributed by atoms with Crippen molar-refractivity contribution in [2.24, 2.45) is 0 Å². The first-order chi connectivity index (χ1) is 8.16. The molecule has 0 bridgehead atoms. The molecule has 4 heteroatoms. The Hall–Kier alpha value is -0.990. The molecule has 2 nitrogen and oxygen atoms in total. The Morgan fingerprint density at radius 1 is 1.24 bits per heavy atom. The van der Waals surface area contributed by atoms with Crippen LogP contribution in [0.5, 0.6) is 0 Å². The van der Waals surface area contributed by atoms with Gasteiger partial charge < -0.3 is 4.42 Å². The van der Waals surface area contributed by atoms with Gasteiger partial charge in [-0.05, 0) is 49.0 Å². The molecule has 0 fully saturated rings. The van der Waals surface area contributed by atoms with Gasteiger partial charge in [-0.15, -0.1) is 0 Å². The van der Waals surface area contributed by atoms with Crippen molar-refractivity contribution in [2.75, 3.05) is 0 Å². The lowest BCUT2D eigenvalue weighted by Gasteiger charge is -2.05. The van der Waals surface area contributed by atoms with E-state index in [9.17, 15) is 4.79 Å². The van der Waals surface area contributed by atoms with Gasteiger partial charge in [-0.2, -0.15) is 0 Å². The monoisotopic (exact) mass is 270 g/mol. The van der Waals surface area contributed by atoms with Crippen LogP contribution in [0.15, 0.2) is 38.0 Å². The van der Waals surface area contributed by atoms with Crippen molar-refractivity contribution in [1.29, 1.82) is 0 Å². The highest BCUT2D eigenvalue weighted by Gasteiger charge is 2.14. The minimum Gasteiger partial charge on any atom is -0.423 e. The largest absolute Gasteiger partial charge is 0.423 e. The summed E-state index contributed by atoms with van der Waals surface area (Å²) in [5.41, 5.74) is 1.74. The summed E-state index contributed by atoms with van der Waals surface area (Å²) >= 11 is 11.2. The standard InChI is InChI=1S/C13H12Cl2O2/c14-11(15)7-5-9-3-1-2-4-10-6-8-12(16)17-13(9)10/h5-8H,1-4H2/b9-5+. The maximum atomic E-state index is 11.3. The molecule has 0 spiro atoms. The number of rotatable bonds is 1. The van der Waals surface area contributed by atoms with Crippen LogP contribution in [-0.4, -0.2) is 0 Å². The highest BCUT2D eigenvalue weighted by atomic mass is 35.5. The Kier molecular flexibility index (Phi) is 4.08. The summed E-state index contributed by atoms with van der Waals surface area (Å²) in [5.74, 6) is 0.681. The van der Waals surface area contributed by atoms with Crippen molar-refractivity contribution in [3.63, 3.8) is 0 Å². The first-order valence-corrected chi connectivity index (χ1v) is 6.27. The predicted molar refractivity (Wildman–Crippen MR) is 70.3 cm³/mol. The first kappa shape index (κ1) is 12.5. The molecule has 0 aliphatic heterocycles. The minimum absolute atomic E-state index is 0.196. The molecule has 0 amide bonds. The summed E-state index contributed by atoms with van der Waals surface area (Å²) in [4.78, 5) is 11.3. The van der Waals surface area contributed by atoms with E-state index in [0.717, 1.165) is 36.8 Å². The predicted octanol–water partition coefficient (Wildman–Crippen LogP) is 4.07. The Morgan fingerprint density at radius 2 is 2.00 bits per heavy atom. The molecule has 1 aromatic rings. The van der Waals surface area contributed by atoms with Crippen molar-refractivity contribution in [1.82, 2.24) is 0 Å². The first-order valence-electron chi connectivity index (χ1n) is 5.52. The molecule has 0 saturated carbocycles. The maximum absolute atomic E-state index is 11.3. The topological polar surface area (TPSA) is 30.2 Å². The lowest BCUT2D eigenvalue weighted by Crippen LogP contribution is -2.01. The molecular formula is C13H12Cl2O2. The summed E-state index contributed by atoms with van der Waals surface area (Å²) in [7, 11) is 0. The Morgan fingerprint density at radius 3 is 2.76 bits per heavy atom. The van der Waals surface area contributed by atoms with Gasteiger partial charge in [-0.25, -0.2) is 4.79 Å². The van der Waals surface area contributed by atoms with E-state index in [2.05, 4.69) is 0 Å². The summed E-state index contributed by atoms with van der Waals surface area (Å²) in [5, 5.41) is 0. The van der Waals surface area contributed by atoms with Crippen LogP contribution in [-0.2, 0) is 6.42 Å². The molecule has 1 aromatic heterocycles. The minimum atomic E-state index is -0.322. The van der Waals surface area contributed by atoms with E-state index < -0.39 is 0 Å². The van der Waals surface area contributed by atoms with Gasteiger partial charge in [0, 0.05) is 6.07 Å². The fourth-order valence-electron chi connectivity index (χ4n) is 1.98. The van der Waals surface area contributed by atoms with E-state index in [1.54, 1.807) is 6.08 Å². The highest BCUT2D eigenvalue weighted by molar-refractivity contribution is 6.56. The molecule has 90 valence electrons. The van der Waals surface area contributed by atoms with E-state index in [-0.39, 0.29) is 10.1 Å². The van der Waals surface area contributed by atoms with Gasteiger partial charge in [0.1, 0.15) is 10.3 Å². The van der Waals surface area contributed by atoms with E-state index in [1.165, 1.54) is 6.07 Å². The molecular weight excluding hydrogens is 259 g/mol. The van der Waals surface area contributed by atoms with Gasteiger partial charge in [-0.3, -0.25) is 0 Å². The van der Waals surface area contributed by atoms with Crippen molar-refractivity contribution >= 4 is 28.8 Å². The lowest BCUT2D eigenvalue weighted by atomic mass is 10.1. The van der Waals surface area contributed by atoms with Gasteiger partial charge in [0.25, 0.3) is 0 Å². The van der Waals surface area contributed by atoms with Crippen LogP contribution < -0.4 is 5.63 Å². The molecule has 0 atom stereocenters. The fourth-order valence-corrected chi connectivity index (χ4v) is 2.11. The summed E-state index contributed by atoms with van der Waals surface area (Å²) in [6, 6.07) is 3.30. The Labute approximate surface area is 110 Å². The Bertz CT molecular complexity index is 522. The van der Waals surface area contributed by atoms with E-state index in [4.69, 9.17) is 27.6 Å². The van der Waals surface area contributed by atoms with Gasteiger partial charge in [-0.1, -0.05) is 29.3 Å². The lowest BCUT2D eigenvalue weighted by molar-refractivity contribution is 0.490. The van der Waals surface area contributed by atoms with Crippen LogP contribution in [0.4, 0.5) is 0 Å². The zero-order valence-electron chi connectivity index (χ0n) is 9.21. The second-order valence-electron chi connectivity index (χ2n) is 3.96. The molecule has 1 aliphatic carbocycles. The number of halogens is 2. The zero-order chi connectivity index (χ0) is 12.3. The average Bonchev–Trinajstić information content (AvgIpc) is 2.48. The van der Waals surface area contributed by atoms with Crippen LogP contribution in [0.2, 0.25) is 0 Å². The number of aryl methyl sites for hydroxylation is 1. The fraction of sp³-hybridized carbons (Fsp3) is 0.308. The van der Waals surface area contributed by atoms with E-state index >= 15 is 0 Å². The molecule has 1 aliphatic rings. The van der Waals surface area contributed by atoms with Crippen LogP contribution >= 0.6 is 23.2 Å². The normalized spacial score (nSPS) is 17.4. The second-order valence-corrected chi connectivity index (χ2v) is 4.97.